The van der Waals surface area contributed by atoms with Gasteiger partial charge in [-0.25, -0.2) is 0 Å². The second kappa shape index (κ2) is 12.3. The molecule has 2 aliphatic rings. The minimum absolute atomic E-state index is 0.0196. The van der Waals surface area contributed by atoms with Gasteiger partial charge in [0.15, 0.2) is 17.8 Å². The summed E-state index contributed by atoms with van der Waals surface area (Å²) in [5, 5.41) is 84.2. The van der Waals surface area contributed by atoms with Crippen LogP contribution >= 0.6 is 0 Å². The fourth-order valence-electron chi connectivity index (χ4n) is 5.45. The number of hydrogen-bond acceptors (Lipinski definition) is 15. The molecule has 2 aromatic carbocycles. The Morgan fingerprint density at radius 3 is 2.20 bits per heavy atom. The molecule has 8 N–H and O–H groups in total. The lowest BCUT2D eigenvalue weighted by atomic mass is 9.89. The molecule has 0 aliphatic carbocycles. The van der Waals surface area contributed by atoms with Crippen LogP contribution in [-0.4, -0.2) is 109 Å². The van der Waals surface area contributed by atoms with Crippen LogP contribution < -0.4 is 5.43 Å². The Kier molecular flexibility index (Phi) is 8.84. The molecule has 1 aromatic heterocycles. The third kappa shape index (κ3) is 5.71. The predicted molar refractivity (Wildman–Crippen MR) is 146 cm³/mol. The summed E-state index contributed by atoms with van der Waals surface area (Å²) in [4.78, 5) is 24.6. The van der Waals surface area contributed by atoms with Crippen molar-refractivity contribution in [2.75, 3.05) is 6.61 Å². The maximum Gasteiger partial charge on any atom is 0.303 e. The molecule has 44 heavy (non-hydrogen) atoms. The smallest absolute Gasteiger partial charge is 0.303 e. The molecule has 10 atom stereocenters. The van der Waals surface area contributed by atoms with Crippen LogP contribution in [0.3, 0.4) is 0 Å². The molecule has 2 fully saturated rings. The Morgan fingerprint density at radius 2 is 1.57 bits per heavy atom. The minimum atomic E-state index is -1.89. The average molecular weight is 621 g/mol. The minimum Gasteiger partial charge on any atom is -0.508 e. The molecule has 2 aliphatic heterocycles. The van der Waals surface area contributed by atoms with Crippen LogP contribution in [0.5, 0.6) is 17.2 Å². The molecule has 238 valence electrons. The highest BCUT2D eigenvalue weighted by Crippen LogP contribution is 2.46. The van der Waals surface area contributed by atoms with Crippen molar-refractivity contribution in [1.29, 1.82) is 0 Å². The molecule has 2 saturated heterocycles. The fourth-order valence-corrected chi connectivity index (χ4v) is 5.45. The Bertz CT molecular complexity index is 1570. The zero-order chi connectivity index (χ0) is 32.0. The van der Waals surface area contributed by atoms with Crippen LogP contribution in [0, 0.1) is 0 Å². The number of carbonyl (C=O) groups is 1. The van der Waals surface area contributed by atoms with E-state index in [1.165, 1.54) is 31.2 Å². The van der Waals surface area contributed by atoms with Gasteiger partial charge < -0.3 is 64.2 Å². The van der Waals surface area contributed by atoms with Gasteiger partial charge in [-0.05, 0) is 31.2 Å². The summed E-state index contributed by atoms with van der Waals surface area (Å²) in [5.74, 6) is -2.21. The van der Waals surface area contributed by atoms with E-state index in [1.807, 2.05) is 0 Å². The van der Waals surface area contributed by atoms with Crippen LogP contribution in [0.2, 0.25) is 0 Å². The van der Waals surface area contributed by atoms with Gasteiger partial charge in [-0.1, -0.05) is 0 Å². The van der Waals surface area contributed by atoms with Crippen molar-refractivity contribution < 1.29 is 69.0 Å². The predicted octanol–water partition coefficient (Wildman–Crippen LogP) is -0.486. The van der Waals surface area contributed by atoms with E-state index in [1.54, 1.807) is 0 Å². The second-order valence-corrected chi connectivity index (χ2v) is 10.7. The van der Waals surface area contributed by atoms with Crippen LogP contribution in [0.1, 0.15) is 25.5 Å². The van der Waals surface area contributed by atoms with Crippen molar-refractivity contribution in [3.05, 3.63) is 52.2 Å². The fraction of sp³-hybridized carbons (Fsp3) is 0.448. The van der Waals surface area contributed by atoms with Gasteiger partial charge in [-0.2, -0.15) is 0 Å². The number of phenolic OH excluding ortho intramolecular Hbond substituents is 3. The SMILES string of the molecule is CC(=O)OC1C(C)OC(OC2C(c3c(O)cc4oc(-c5ccc(O)cc5)cc(=O)c4c3O)OC(CO)C(O)C2O)C(O)C1O. The van der Waals surface area contributed by atoms with Gasteiger partial charge in [0.1, 0.15) is 76.7 Å². The molecule has 5 rings (SSSR count). The largest absolute Gasteiger partial charge is 0.508 e. The van der Waals surface area contributed by atoms with Gasteiger partial charge in [-0.15, -0.1) is 0 Å². The number of phenols is 3. The van der Waals surface area contributed by atoms with Crippen LogP contribution in [0.4, 0.5) is 0 Å². The second-order valence-electron chi connectivity index (χ2n) is 10.7. The number of aromatic hydroxyl groups is 3. The number of carbonyl (C=O) groups excluding carboxylic acids is 1. The number of aliphatic hydroxyl groups excluding tert-OH is 5. The van der Waals surface area contributed by atoms with Gasteiger partial charge in [0, 0.05) is 24.6 Å². The Hall–Kier alpha value is -3.80. The molecular formula is C29H32O15. The quantitative estimate of drug-likeness (QED) is 0.162. The highest BCUT2D eigenvalue weighted by atomic mass is 16.7. The van der Waals surface area contributed by atoms with E-state index in [0.717, 1.165) is 19.1 Å². The van der Waals surface area contributed by atoms with Crippen LogP contribution in [-0.2, 0) is 23.7 Å². The highest BCUT2D eigenvalue weighted by molar-refractivity contribution is 5.88. The Labute approximate surface area is 248 Å². The van der Waals surface area contributed by atoms with E-state index in [9.17, 15) is 50.4 Å². The summed E-state index contributed by atoms with van der Waals surface area (Å²) in [6, 6.07) is 7.82. The summed E-state index contributed by atoms with van der Waals surface area (Å²) >= 11 is 0. The maximum absolute atomic E-state index is 13.2. The maximum atomic E-state index is 13.2. The molecule has 10 unspecified atom stereocenters. The Morgan fingerprint density at radius 1 is 0.909 bits per heavy atom. The third-order valence-electron chi connectivity index (χ3n) is 7.68. The first-order valence-corrected chi connectivity index (χ1v) is 13.6. The molecular weight excluding hydrogens is 588 g/mol. The lowest BCUT2D eigenvalue weighted by molar-refractivity contribution is -0.338. The van der Waals surface area contributed by atoms with E-state index in [4.69, 9.17) is 23.4 Å². The number of benzene rings is 2. The summed E-state index contributed by atoms with van der Waals surface area (Å²) in [7, 11) is 0. The lowest BCUT2D eigenvalue weighted by Crippen LogP contribution is -2.62. The zero-order valence-corrected chi connectivity index (χ0v) is 23.4. The molecule has 15 nitrogen and oxygen atoms in total. The van der Waals surface area contributed by atoms with E-state index in [2.05, 4.69) is 0 Å². The lowest BCUT2D eigenvalue weighted by Gasteiger charge is -2.46. The summed E-state index contributed by atoms with van der Waals surface area (Å²) in [6.45, 7) is 1.72. The molecule has 3 aromatic rings. The first-order chi connectivity index (χ1) is 20.8. The van der Waals surface area contributed by atoms with Crippen molar-refractivity contribution in [3.8, 4) is 28.6 Å². The van der Waals surface area contributed by atoms with Gasteiger partial charge in [0.25, 0.3) is 0 Å². The standard InChI is InChI=1S/C29H32O15/c1-10-26(41-11(2)31)24(38)25(39)29(40-10)44-28-23(37)21(35)18(9-30)43-27(28)20-15(34)8-17-19(22(20)36)14(33)7-16(42-17)12-3-5-13(32)6-4-12/h3-8,10,18,21,23-30,32,34-39H,9H2,1-2H3. The highest BCUT2D eigenvalue weighted by Gasteiger charge is 2.52. The van der Waals surface area contributed by atoms with Crippen molar-refractivity contribution in [3.63, 3.8) is 0 Å². The van der Waals surface area contributed by atoms with Gasteiger partial charge >= 0.3 is 5.97 Å². The van der Waals surface area contributed by atoms with Gasteiger partial charge in [0.2, 0.25) is 0 Å². The first-order valence-electron chi connectivity index (χ1n) is 13.6. The monoisotopic (exact) mass is 620 g/mol. The number of rotatable bonds is 6. The molecule has 3 heterocycles. The number of fused-ring (bicyclic) bond motifs is 1. The molecule has 15 heteroatoms. The first kappa shape index (κ1) is 31.6. The van der Waals surface area contributed by atoms with E-state index in [0.29, 0.717) is 5.56 Å². The number of hydrogen-bond donors (Lipinski definition) is 8. The molecule has 0 radical (unpaired) electrons. The number of aliphatic hydroxyl groups is 5. The summed E-state index contributed by atoms with van der Waals surface area (Å²) < 4.78 is 27.9. The normalized spacial score (nSPS) is 32.4. The average Bonchev–Trinajstić information content (AvgIpc) is 2.97. The van der Waals surface area contributed by atoms with Crippen LogP contribution in [0.25, 0.3) is 22.3 Å². The number of esters is 1. The van der Waals surface area contributed by atoms with Gasteiger partial charge in [-0.3, -0.25) is 9.59 Å². The Balaban J connectivity index is 1.55. The third-order valence-corrected chi connectivity index (χ3v) is 7.68. The van der Waals surface area contributed by atoms with E-state index in [-0.39, 0.29) is 22.5 Å². The topological polar surface area (TPSA) is 246 Å². The van der Waals surface area contributed by atoms with E-state index < -0.39 is 96.3 Å². The van der Waals surface area contributed by atoms with E-state index >= 15 is 0 Å². The molecule has 0 saturated carbocycles. The number of ether oxygens (including phenoxy) is 4. The molecule has 0 bridgehead atoms. The summed E-state index contributed by atoms with van der Waals surface area (Å²) in [5.41, 5.74) is -1.03. The van der Waals surface area contributed by atoms with Crippen molar-refractivity contribution in [2.24, 2.45) is 0 Å². The van der Waals surface area contributed by atoms with Crippen molar-refractivity contribution >= 4 is 16.9 Å². The zero-order valence-electron chi connectivity index (χ0n) is 23.4. The summed E-state index contributed by atoms with van der Waals surface area (Å²) in [6.07, 6.45) is -16.1. The molecule has 0 spiro atoms. The van der Waals surface area contributed by atoms with Crippen molar-refractivity contribution in [1.82, 2.24) is 0 Å². The molecule has 0 amide bonds. The van der Waals surface area contributed by atoms with Gasteiger partial charge in [0.05, 0.1) is 18.3 Å². The van der Waals surface area contributed by atoms with Crippen LogP contribution in [0.15, 0.2) is 45.6 Å². The van der Waals surface area contributed by atoms with Crippen molar-refractivity contribution in [2.45, 2.75) is 75.1 Å².